The number of benzene rings is 2. The van der Waals surface area contributed by atoms with Crippen molar-refractivity contribution in [3.8, 4) is 0 Å². The first-order valence-corrected chi connectivity index (χ1v) is 12.4. The number of carbonyl (C=O) groups excluding carboxylic acids is 3. The van der Waals surface area contributed by atoms with Gasteiger partial charge in [0.2, 0.25) is 17.7 Å². The van der Waals surface area contributed by atoms with Crippen LogP contribution in [0, 0.1) is 0 Å². The SMILES string of the molecule is CC(NC(=O)C(CCCCN)NC(=O)C(N)Cc1ccccc1)C(=O)NC(Cc1ccccc1)C(=O)O. The Kier molecular flexibility index (Phi) is 12.2. The van der Waals surface area contributed by atoms with Gasteiger partial charge in [0.15, 0.2) is 0 Å². The molecule has 0 fully saturated rings. The van der Waals surface area contributed by atoms with E-state index >= 15 is 0 Å². The Labute approximate surface area is 217 Å². The highest BCUT2D eigenvalue weighted by Crippen LogP contribution is 2.07. The summed E-state index contributed by atoms with van der Waals surface area (Å²) in [6.45, 7) is 1.89. The molecule has 10 nitrogen and oxygen atoms in total. The van der Waals surface area contributed by atoms with Gasteiger partial charge in [0, 0.05) is 6.42 Å². The molecule has 0 saturated carbocycles. The van der Waals surface area contributed by atoms with Crippen LogP contribution in [0.15, 0.2) is 60.7 Å². The van der Waals surface area contributed by atoms with E-state index in [9.17, 15) is 24.3 Å². The van der Waals surface area contributed by atoms with Crippen molar-refractivity contribution in [2.45, 2.75) is 63.2 Å². The average Bonchev–Trinajstić information content (AvgIpc) is 2.88. The van der Waals surface area contributed by atoms with Crippen molar-refractivity contribution < 1.29 is 24.3 Å². The molecule has 2 aromatic rings. The summed E-state index contributed by atoms with van der Waals surface area (Å²) in [6.07, 6.45) is 1.96. The monoisotopic (exact) mass is 511 g/mol. The van der Waals surface area contributed by atoms with Gasteiger partial charge in [-0.25, -0.2) is 4.79 Å². The lowest BCUT2D eigenvalue weighted by atomic mass is 10.0. The van der Waals surface area contributed by atoms with Gasteiger partial charge in [-0.3, -0.25) is 14.4 Å². The Morgan fingerprint density at radius 2 is 1.30 bits per heavy atom. The molecule has 10 heteroatoms. The molecule has 37 heavy (non-hydrogen) atoms. The molecule has 200 valence electrons. The van der Waals surface area contributed by atoms with E-state index in [1.54, 1.807) is 24.3 Å². The van der Waals surface area contributed by atoms with Gasteiger partial charge in [-0.2, -0.15) is 0 Å². The molecule has 0 spiro atoms. The number of unbranched alkanes of at least 4 members (excludes halogenated alkanes) is 1. The molecule has 0 heterocycles. The predicted octanol–water partition coefficient (Wildman–Crippen LogP) is 0.487. The molecule has 4 atom stereocenters. The Balaban J connectivity index is 1.98. The summed E-state index contributed by atoms with van der Waals surface area (Å²) in [6, 6.07) is 14.2. The van der Waals surface area contributed by atoms with Gasteiger partial charge in [0.1, 0.15) is 18.1 Å². The number of amides is 3. The molecule has 0 aliphatic rings. The first-order chi connectivity index (χ1) is 17.7. The Hall–Kier alpha value is -3.76. The van der Waals surface area contributed by atoms with Crippen LogP contribution in [0.4, 0.5) is 0 Å². The van der Waals surface area contributed by atoms with Crippen LogP contribution in [0.3, 0.4) is 0 Å². The van der Waals surface area contributed by atoms with Gasteiger partial charge in [0.25, 0.3) is 0 Å². The number of carbonyl (C=O) groups is 4. The van der Waals surface area contributed by atoms with Crippen molar-refractivity contribution in [3.63, 3.8) is 0 Å². The second-order valence-electron chi connectivity index (χ2n) is 8.96. The highest BCUT2D eigenvalue weighted by molar-refractivity contribution is 5.94. The summed E-state index contributed by atoms with van der Waals surface area (Å²) < 4.78 is 0. The van der Waals surface area contributed by atoms with Crippen molar-refractivity contribution >= 4 is 23.7 Å². The number of hydrogen-bond donors (Lipinski definition) is 6. The minimum Gasteiger partial charge on any atom is -0.480 e. The van der Waals surface area contributed by atoms with Gasteiger partial charge >= 0.3 is 5.97 Å². The molecule has 0 bridgehead atoms. The van der Waals surface area contributed by atoms with Crippen LogP contribution >= 0.6 is 0 Å². The van der Waals surface area contributed by atoms with Crippen LogP contribution in [0.25, 0.3) is 0 Å². The zero-order valence-electron chi connectivity index (χ0n) is 21.1. The molecular weight excluding hydrogens is 474 g/mol. The number of nitrogens with one attached hydrogen (secondary N) is 3. The first-order valence-electron chi connectivity index (χ1n) is 12.4. The van der Waals surface area contributed by atoms with Crippen molar-refractivity contribution in [1.82, 2.24) is 16.0 Å². The lowest BCUT2D eigenvalue weighted by molar-refractivity contribution is -0.142. The topological polar surface area (TPSA) is 177 Å². The average molecular weight is 512 g/mol. The number of rotatable bonds is 15. The number of carboxylic acids is 1. The number of aliphatic carboxylic acids is 1. The third-order valence-electron chi connectivity index (χ3n) is 5.86. The number of hydrogen-bond acceptors (Lipinski definition) is 6. The van der Waals surface area contributed by atoms with E-state index < -0.39 is 47.9 Å². The van der Waals surface area contributed by atoms with Crippen molar-refractivity contribution in [2.24, 2.45) is 11.5 Å². The maximum atomic E-state index is 13.0. The van der Waals surface area contributed by atoms with Crippen LogP contribution < -0.4 is 27.4 Å². The molecule has 0 saturated heterocycles. The largest absolute Gasteiger partial charge is 0.480 e. The number of nitrogens with two attached hydrogens (primary N) is 2. The Morgan fingerprint density at radius 1 is 0.757 bits per heavy atom. The van der Waals surface area contributed by atoms with Crippen LogP contribution in [-0.4, -0.2) is 59.5 Å². The Bertz CT molecular complexity index is 1020. The lowest BCUT2D eigenvalue weighted by Gasteiger charge is -2.23. The molecule has 2 rings (SSSR count). The minimum absolute atomic E-state index is 0.0969. The maximum Gasteiger partial charge on any atom is 0.326 e. The van der Waals surface area contributed by atoms with Gasteiger partial charge in [0.05, 0.1) is 6.04 Å². The van der Waals surface area contributed by atoms with E-state index in [4.69, 9.17) is 11.5 Å². The first kappa shape index (κ1) is 29.5. The summed E-state index contributed by atoms with van der Waals surface area (Å²) in [7, 11) is 0. The predicted molar refractivity (Wildman–Crippen MR) is 140 cm³/mol. The normalized spacial score (nSPS) is 14.0. The van der Waals surface area contributed by atoms with Crippen LogP contribution in [0.2, 0.25) is 0 Å². The molecule has 2 aromatic carbocycles. The van der Waals surface area contributed by atoms with Crippen LogP contribution in [0.5, 0.6) is 0 Å². The van der Waals surface area contributed by atoms with Crippen LogP contribution in [0.1, 0.15) is 37.3 Å². The second kappa shape index (κ2) is 15.4. The molecule has 0 radical (unpaired) electrons. The summed E-state index contributed by atoms with van der Waals surface area (Å²) in [5, 5.41) is 17.3. The summed E-state index contributed by atoms with van der Waals surface area (Å²) in [4.78, 5) is 50.1. The molecule has 4 unspecified atom stereocenters. The van der Waals surface area contributed by atoms with E-state index in [1.165, 1.54) is 6.92 Å². The highest BCUT2D eigenvalue weighted by atomic mass is 16.4. The molecule has 8 N–H and O–H groups in total. The standard InChI is InChI=1S/C27H37N5O5/c1-18(24(33)32-23(27(36)37)17-20-12-6-3-7-13-20)30-26(35)22(14-8-9-15-28)31-25(34)21(29)16-19-10-4-2-5-11-19/h2-7,10-13,18,21-23H,8-9,14-17,28-29H2,1H3,(H,30,35)(H,31,34)(H,32,33)(H,36,37). The zero-order valence-corrected chi connectivity index (χ0v) is 21.1. The number of carboxylic acid groups (broad SMARTS) is 1. The fraction of sp³-hybridized carbons (Fsp3) is 0.407. The Morgan fingerprint density at radius 3 is 1.84 bits per heavy atom. The maximum absolute atomic E-state index is 13.0. The van der Waals surface area contributed by atoms with Crippen molar-refractivity contribution in [1.29, 1.82) is 0 Å². The quantitative estimate of drug-likeness (QED) is 0.188. The highest BCUT2D eigenvalue weighted by Gasteiger charge is 2.28. The fourth-order valence-electron chi connectivity index (χ4n) is 3.73. The molecular formula is C27H37N5O5. The molecule has 0 aliphatic carbocycles. The van der Waals surface area contributed by atoms with Gasteiger partial charge in [-0.1, -0.05) is 60.7 Å². The summed E-state index contributed by atoms with van der Waals surface area (Å²) in [5.41, 5.74) is 13.3. The van der Waals surface area contributed by atoms with E-state index in [0.717, 1.165) is 11.1 Å². The molecule has 0 aliphatic heterocycles. The third kappa shape index (κ3) is 10.4. The zero-order chi connectivity index (χ0) is 27.2. The van der Waals surface area contributed by atoms with Crippen molar-refractivity contribution in [2.75, 3.05) is 6.54 Å². The van der Waals surface area contributed by atoms with Gasteiger partial charge in [-0.05, 0) is 50.3 Å². The molecule has 3 amide bonds. The fourth-order valence-corrected chi connectivity index (χ4v) is 3.73. The van der Waals surface area contributed by atoms with E-state index in [-0.39, 0.29) is 6.42 Å². The van der Waals surface area contributed by atoms with E-state index in [0.29, 0.717) is 32.2 Å². The van der Waals surface area contributed by atoms with Crippen molar-refractivity contribution in [3.05, 3.63) is 71.8 Å². The third-order valence-corrected chi connectivity index (χ3v) is 5.86. The second-order valence-corrected chi connectivity index (χ2v) is 8.96. The van der Waals surface area contributed by atoms with E-state index in [1.807, 2.05) is 36.4 Å². The minimum atomic E-state index is -1.19. The lowest BCUT2D eigenvalue weighted by Crippen LogP contribution is -2.56. The molecule has 0 aromatic heterocycles. The summed E-state index contributed by atoms with van der Waals surface area (Å²) >= 11 is 0. The van der Waals surface area contributed by atoms with E-state index in [2.05, 4.69) is 16.0 Å². The van der Waals surface area contributed by atoms with Crippen LogP contribution in [-0.2, 0) is 32.0 Å². The van der Waals surface area contributed by atoms with Gasteiger partial charge in [-0.15, -0.1) is 0 Å². The van der Waals surface area contributed by atoms with Gasteiger partial charge < -0.3 is 32.5 Å². The summed E-state index contributed by atoms with van der Waals surface area (Å²) in [5.74, 6) is -2.88. The smallest absolute Gasteiger partial charge is 0.326 e.